The molecule has 0 radical (unpaired) electrons. The van der Waals surface area contributed by atoms with Crippen LogP contribution in [0.5, 0.6) is 0 Å². The molecule has 2 heterocycles. The molecule has 3 nitrogen and oxygen atoms in total. The monoisotopic (exact) mass is 328 g/mol. The maximum Gasteiger partial charge on any atom is 0.259 e. The molecule has 0 fully saturated rings. The minimum absolute atomic E-state index is 0.355. The van der Waals surface area contributed by atoms with E-state index >= 15 is 0 Å². The summed E-state index contributed by atoms with van der Waals surface area (Å²) < 4.78 is 0. The SMILES string of the molecule is CCc1c(C(N)=O)sc2nc3ccc([Si](C)(C)C)cc3cc12. The first-order valence-corrected chi connectivity index (χ1v) is 11.8. The van der Waals surface area contributed by atoms with Crippen LogP contribution in [0, 0.1) is 0 Å². The first-order chi connectivity index (χ1) is 10.3. The average molecular weight is 329 g/mol. The molecule has 3 aromatic rings. The smallest absolute Gasteiger partial charge is 0.259 e. The molecular formula is C17H20N2OSSi. The van der Waals surface area contributed by atoms with Crippen LogP contribution in [0.3, 0.4) is 0 Å². The van der Waals surface area contributed by atoms with Gasteiger partial charge in [-0.15, -0.1) is 11.3 Å². The highest BCUT2D eigenvalue weighted by Gasteiger charge is 2.19. The van der Waals surface area contributed by atoms with Gasteiger partial charge in [0.2, 0.25) is 0 Å². The van der Waals surface area contributed by atoms with Crippen LogP contribution in [-0.2, 0) is 6.42 Å². The second-order valence-corrected chi connectivity index (χ2v) is 12.7. The number of nitrogens with zero attached hydrogens (tertiary/aromatic N) is 1. The Kier molecular flexibility index (Phi) is 3.57. The molecule has 0 saturated heterocycles. The van der Waals surface area contributed by atoms with E-state index in [2.05, 4.69) is 50.8 Å². The summed E-state index contributed by atoms with van der Waals surface area (Å²) in [7, 11) is -1.35. The number of rotatable bonds is 3. The van der Waals surface area contributed by atoms with Gasteiger partial charge in [-0.1, -0.05) is 43.9 Å². The lowest BCUT2D eigenvalue weighted by molar-refractivity contribution is 0.100. The normalized spacial score (nSPS) is 12.2. The molecule has 0 unspecified atom stereocenters. The first-order valence-electron chi connectivity index (χ1n) is 7.47. The lowest BCUT2D eigenvalue weighted by Gasteiger charge is -2.16. The molecule has 114 valence electrons. The number of amides is 1. The number of primary amides is 1. The van der Waals surface area contributed by atoms with Crippen molar-refractivity contribution >= 4 is 51.6 Å². The molecule has 1 amide bonds. The molecule has 0 saturated carbocycles. The van der Waals surface area contributed by atoms with Crippen LogP contribution in [-0.4, -0.2) is 19.0 Å². The van der Waals surface area contributed by atoms with Gasteiger partial charge in [-0.05, 0) is 24.1 Å². The van der Waals surface area contributed by atoms with Crippen molar-refractivity contribution < 1.29 is 4.79 Å². The zero-order chi connectivity index (χ0) is 16.1. The van der Waals surface area contributed by atoms with Crippen molar-refractivity contribution in [3.05, 3.63) is 34.7 Å². The minimum atomic E-state index is -1.35. The molecule has 2 N–H and O–H groups in total. The van der Waals surface area contributed by atoms with Crippen molar-refractivity contribution in [2.24, 2.45) is 5.73 Å². The summed E-state index contributed by atoms with van der Waals surface area (Å²) in [4.78, 5) is 17.9. The Morgan fingerprint density at radius 3 is 2.59 bits per heavy atom. The molecule has 1 aromatic carbocycles. The Hall–Kier alpha value is -1.72. The van der Waals surface area contributed by atoms with Gasteiger partial charge in [-0.25, -0.2) is 4.98 Å². The van der Waals surface area contributed by atoms with Crippen molar-refractivity contribution in [3.63, 3.8) is 0 Å². The maximum absolute atomic E-state index is 11.6. The van der Waals surface area contributed by atoms with Gasteiger partial charge in [0.15, 0.2) is 0 Å². The van der Waals surface area contributed by atoms with E-state index in [-0.39, 0.29) is 5.91 Å². The fraction of sp³-hybridized carbons (Fsp3) is 0.294. The van der Waals surface area contributed by atoms with Crippen LogP contribution in [0.25, 0.3) is 21.1 Å². The van der Waals surface area contributed by atoms with E-state index in [1.807, 2.05) is 0 Å². The zero-order valence-electron chi connectivity index (χ0n) is 13.4. The predicted molar refractivity (Wildman–Crippen MR) is 98.0 cm³/mol. The second kappa shape index (κ2) is 5.17. The minimum Gasteiger partial charge on any atom is -0.365 e. The first kappa shape index (κ1) is 15.2. The summed E-state index contributed by atoms with van der Waals surface area (Å²) >= 11 is 1.40. The number of hydrogen-bond acceptors (Lipinski definition) is 3. The number of carbonyl (C=O) groups excluding carboxylic acids is 1. The standard InChI is InChI=1S/C17H20N2OSSi/c1-5-12-13-9-10-8-11(22(2,3)4)6-7-14(10)19-17(13)21-15(12)16(18)20/h6-9H,5H2,1-4H3,(H2,18,20). The fourth-order valence-electron chi connectivity index (χ4n) is 2.75. The van der Waals surface area contributed by atoms with Crippen LogP contribution in [0.15, 0.2) is 24.3 Å². The number of fused-ring (bicyclic) bond motifs is 2. The van der Waals surface area contributed by atoms with E-state index < -0.39 is 8.07 Å². The van der Waals surface area contributed by atoms with Crippen molar-refractivity contribution in [2.75, 3.05) is 0 Å². The third kappa shape index (κ3) is 2.44. The lowest BCUT2D eigenvalue weighted by atomic mass is 10.1. The van der Waals surface area contributed by atoms with Gasteiger partial charge in [0, 0.05) is 10.8 Å². The Balaban J connectivity index is 2.32. The summed E-state index contributed by atoms with van der Waals surface area (Å²) in [6, 6.07) is 8.71. The Bertz CT molecular complexity index is 893. The zero-order valence-corrected chi connectivity index (χ0v) is 15.2. The molecular weight excluding hydrogens is 308 g/mol. The predicted octanol–water partition coefficient (Wildman–Crippen LogP) is 3.66. The molecule has 2 aromatic heterocycles. The highest BCUT2D eigenvalue weighted by atomic mass is 32.1. The van der Waals surface area contributed by atoms with Crippen LogP contribution in [0.1, 0.15) is 22.2 Å². The van der Waals surface area contributed by atoms with Crippen LogP contribution in [0.2, 0.25) is 19.6 Å². The van der Waals surface area contributed by atoms with Gasteiger partial charge in [-0.3, -0.25) is 4.79 Å². The molecule has 0 atom stereocenters. The number of benzene rings is 1. The van der Waals surface area contributed by atoms with Gasteiger partial charge in [0.25, 0.3) is 5.91 Å². The van der Waals surface area contributed by atoms with Gasteiger partial charge < -0.3 is 5.73 Å². The van der Waals surface area contributed by atoms with Gasteiger partial charge >= 0.3 is 0 Å². The van der Waals surface area contributed by atoms with Gasteiger partial charge in [-0.2, -0.15) is 0 Å². The molecule has 5 heteroatoms. The summed E-state index contributed by atoms with van der Waals surface area (Å²) in [6.07, 6.45) is 0.791. The number of hydrogen-bond donors (Lipinski definition) is 1. The van der Waals surface area contributed by atoms with E-state index in [0.29, 0.717) is 4.88 Å². The maximum atomic E-state index is 11.6. The van der Waals surface area contributed by atoms with Crippen molar-refractivity contribution in [1.82, 2.24) is 4.98 Å². The molecule has 0 aliphatic carbocycles. The molecule has 3 rings (SSSR count). The highest BCUT2D eigenvalue weighted by molar-refractivity contribution is 7.20. The van der Waals surface area contributed by atoms with E-state index in [4.69, 9.17) is 10.7 Å². The molecule has 0 spiro atoms. The topological polar surface area (TPSA) is 56.0 Å². The molecule has 0 aliphatic rings. The third-order valence-corrected chi connectivity index (χ3v) is 7.22. The fourth-order valence-corrected chi connectivity index (χ4v) is 5.03. The summed E-state index contributed by atoms with van der Waals surface area (Å²) in [5, 5.41) is 3.64. The van der Waals surface area contributed by atoms with Gasteiger partial charge in [0.1, 0.15) is 4.83 Å². The van der Waals surface area contributed by atoms with E-state index in [9.17, 15) is 4.79 Å². The largest absolute Gasteiger partial charge is 0.365 e. The van der Waals surface area contributed by atoms with Gasteiger partial charge in [0.05, 0.1) is 18.5 Å². The number of aromatic nitrogens is 1. The Labute approximate surface area is 135 Å². The van der Waals surface area contributed by atoms with Crippen LogP contribution >= 0.6 is 11.3 Å². The second-order valence-electron chi connectivity index (χ2n) is 6.63. The van der Waals surface area contributed by atoms with Crippen LogP contribution < -0.4 is 10.9 Å². The summed E-state index contributed by atoms with van der Waals surface area (Å²) in [5.41, 5.74) is 7.52. The van der Waals surface area contributed by atoms with Crippen molar-refractivity contribution in [1.29, 1.82) is 0 Å². The number of carbonyl (C=O) groups is 1. The van der Waals surface area contributed by atoms with E-state index in [0.717, 1.165) is 33.1 Å². The van der Waals surface area contributed by atoms with E-state index in [1.54, 1.807) is 0 Å². The summed E-state index contributed by atoms with van der Waals surface area (Å²) in [6.45, 7) is 9.07. The Morgan fingerprint density at radius 1 is 1.27 bits per heavy atom. The van der Waals surface area contributed by atoms with Crippen molar-refractivity contribution in [2.45, 2.75) is 33.0 Å². The number of aryl methyl sites for hydroxylation is 1. The molecule has 22 heavy (non-hydrogen) atoms. The number of nitrogens with two attached hydrogens (primary N) is 1. The molecule has 0 aliphatic heterocycles. The van der Waals surface area contributed by atoms with E-state index in [1.165, 1.54) is 16.5 Å². The third-order valence-electron chi connectivity index (χ3n) is 4.02. The number of thiophene rings is 1. The quantitative estimate of drug-likeness (QED) is 0.746. The molecule has 0 bridgehead atoms. The highest BCUT2D eigenvalue weighted by Crippen LogP contribution is 2.32. The summed E-state index contributed by atoms with van der Waals surface area (Å²) in [5.74, 6) is -0.355. The number of pyridine rings is 1. The van der Waals surface area contributed by atoms with Crippen LogP contribution in [0.4, 0.5) is 0 Å². The van der Waals surface area contributed by atoms with Crippen molar-refractivity contribution in [3.8, 4) is 0 Å². The average Bonchev–Trinajstić information content (AvgIpc) is 2.80. The lowest BCUT2D eigenvalue weighted by Crippen LogP contribution is -2.37. The Morgan fingerprint density at radius 2 is 2.00 bits per heavy atom.